The van der Waals surface area contributed by atoms with Gasteiger partial charge in [0.05, 0.1) is 0 Å². The lowest BCUT2D eigenvalue weighted by atomic mass is 9.82. The van der Waals surface area contributed by atoms with Crippen LogP contribution in [-0.2, 0) is 6.42 Å². The number of hydrogen-bond donors (Lipinski definition) is 0. The van der Waals surface area contributed by atoms with E-state index in [0.717, 1.165) is 6.42 Å². The first-order chi connectivity index (χ1) is 19.3. The molecule has 6 aromatic rings. The summed E-state index contributed by atoms with van der Waals surface area (Å²) in [4.78, 5) is 0. The molecule has 0 spiro atoms. The predicted molar refractivity (Wildman–Crippen MR) is 168 cm³/mol. The third-order valence-corrected chi connectivity index (χ3v) is 7.81. The van der Waals surface area contributed by atoms with Gasteiger partial charge in [-0.15, -0.1) is 6.42 Å². The molecule has 1 aliphatic rings. The lowest BCUT2D eigenvalue weighted by Crippen LogP contribution is -2.02. The number of benzene rings is 6. The van der Waals surface area contributed by atoms with Gasteiger partial charge >= 0.3 is 0 Å². The Morgan fingerprint density at radius 3 is 1.90 bits per heavy atom. The number of hydrogen-bond acceptors (Lipinski definition) is 0. The van der Waals surface area contributed by atoms with Gasteiger partial charge in [0, 0.05) is 0 Å². The van der Waals surface area contributed by atoms with Crippen LogP contribution in [0.1, 0.15) is 16.7 Å². The summed E-state index contributed by atoms with van der Waals surface area (Å²) in [5.74, 6) is 2.74. The van der Waals surface area contributed by atoms with E-state index >= 15 is 0 Å². The van der Waals surface area contributed by atoms with E-state index < -0.39 is 0 Å². The van der Waals surface area contributed by atoms with Crippen molar-refractivity contribution in [3.8, 4) is 23.5 Å². The Hall–Kier alpha value is -5.12. The fraction of sp³-hybridized carbons (Fsp3) is 0.0256. The molecule has 0 nitrogen and oxygen atoms in total. The van der Waals surface area contributed by atoms with Crippen molar-refractivity contribution >= 4 is 44.0 Å². The maximum atomic E-state index is 5.77. The molecular formula is C39H26. The van der Waals surface area contributed by atoms with Gasteiger partial charge in [-0.25, -0.2) is 0 Å². The van der Waals surface area contributed by atoms with Crippen LogP contribution in [0.15, 0.2) is 139 Å². The SMILES string of the molecule is C#CC=CC(=C1C=Cc2cc3ccccc3cc2C1)c1c2ccccc2c(-c2ccccc2)c2ccccc12. The quantitative estimate of drug-likeness (QED) is 0.170. The van der Waals surface area contributed by atoms with Crippen LogP contribution < -0.4 is 0 Å². The minimum Gasteiger partial charge on any atom is -0.115 e. The lowest BCUT2D eigenvalue weighted by molar-refractivity contribution is 1.18. The minimum atomic E-state index is 0.851. The lowest BCUT2D eigenvalue weighted by Gasteiger charge is -2.22. The fourth-order valence-electron chi connectivity index (χ4n) is 6.07. The van der Waals surface area contributed by atoms with Gasteiger partial charge in [-0.2, -0.15) is 0 Å². The summed E-state index contributed by atoms with van der Waals surface area (Å²) in [5, 5.41) is 7.50. The number of rotatable bonds is 3. The Morgan fingerprint density at radius 1 is 0.641 bits per heavy atom. The van der Waals surface area contributed by atoms with E-state index in [0.29, 0.717) is 0 Å². The summed E-state index contributed by atoms with van der Waals surface area (Å²) in [6.45, 7) is 0. The van der Waals surface area contributed by atoms with Crippen molar-refractivity contribution in [3.63, 3.8) is 0 Å². The van der Waals surface area contributed by atoms with Gasteiger partial charge in [0.15, 0.2) is 0 Å². The summed E-state index contributed by atoms with van der Waals surface area (Å²) in [6, 6.07) is 41.5. The molecule has 39 heavy (non-hydrogen) atoms. The zero-order valence-electron chi connectivity index (χ0n) is 21.6. The molecule has 6 aromatic carbocycles. The summed E-state index contributed by atoms with van der Waals surface area (Å²) in [5.41, 5.74) is 8.80. The zero-order valence-corrected chi connectivity index (χ0v) is 21.6. The predicted octanol–water partition coefficient (Wildman–Crippen LogP) is 10.0. The molecule has 7 rings (SSSR count). The molecule has 0 saturated carbocycles. The second-order valence-corrected chi connectivity index (χ2v) is 10.1. The summed E-state index contributed by atoms with van der Waals surface area (Å²) in [6.07, 6.45) is 15.1. The first-order valence-electron chi connectivity index (χ1n) is 13.4. The van der Waals surface area contributed by atoms with Gasteiger partial charge in [0.1, 0.15) is 0 Å². The first-order valence-corrected chi connectivity index (χ1v) is 13.4. The minimum absolute atomic E-state index is 0.851. The molecule has 0 atom stereocenters. The third kappa shape index (κ3) is 3.97. The van der Waals surface area contributed by atoms with E-state index in [1.165, 1.54) is 71.3 Å². The van der Waals surface area contributed by atoms with Crippen molar-refractivity contribution in [1.82, 2.24) is 0 Å². The average molecular weight is 495 g/mol. The largest absolute Gasteiger partial charge is 0.115 e. The molecule has 182 valence electrons. The second kappa shape index (κ2) is 9.64. The van der Waals surface area contributed by atoms with Crippen LogP contribution in [0.2, 0.25) is 0 Å². The fourth-order valence-corrected chi connectivity index (χ4v) is 6.07. The number of fused-ring (bicyclic) bond motifs is 4. The molecule has 0 amide bonds. The van der Waals surface area contributed by atoms with Crippen LogP contribution in [0.5, 0.6) is 0 Å². The number of allylic oxidation sites excluding steroid dienone is 5. The highest BCUT2D eigenvalue weighted by Gasteiger charge is 2.20. The van der Waals surface area contributed by atoms with Crippen molar-refractivity contribution in [3.05, 3.63) is 156 Å². The van der Waals surface area contributed by atoms with Crippen LogP contribution in [-0.4, -0.2) is 0 Å². The van der Waals surface area contributed by atoms with Crippen molar-refractivity contribution in [2.45, 2.75) is 6.42 Å². The molecule has 0 heteroatoms. The van der Waals surface area contributed by atoms with Crippen LogP contribution >= 0.6 is 0 Å². The Balaban J connectivity index is 1.55. The van der Waals surface area contributed by atoms with Gasteiger partial charge in [0.25, 0.3) is 0 Å². The molecular weight excluding hydrogens is 468 g/mol. The van der Waals surface area contributed by atoms with Crippen molar-refractivity contribution in [1.29, 1.82) is 0 Å². The molecule has 0 aromatic heterocycles. The Bertz CT molecular complexity index is 1970. The van der Waals surface area contributed by atoms with Gasteiger partial charge in [0.2, 0.25) is 0 Å². The summed E-state index contributed by atoms with van der Waals surface area (Å²) in [7, 11) is 0. The smallest absolute Gasteiger partial charge is 0.00134 e. The molecule has 1 aliphatic carbocycles. The van der Waals surface area contributed by atoms with Crippen LogP contribution in [0.4, 0.5) is 0 Å². The topological polar surface area (TPSA) is 0 Å². The van der Waals surface area contributed by atoms with Gasteiger partial charge < -0.3 is 0 Å². The van der Waals surface area contributed by atoms with Gasteiger partial charge in [-0.3, -0.25) is 0 Å². The highest BCUT2D eigenvalue weighted by atomic mass is 14.2. The molecule has 0 saturated heterocycles. The monoisotopic (exact) mass is 494 g/mol. The highest BCUT2D eigenvalue weighted by Crippen LogP contribution is 2.43. The third-order valence-electron chi connectivity index (χ3n) is 7.81. The molecule has 0 N–H and O–H groups in total. The van der Waals surface area contributed by atoms with Gasteiger partial charge in [-0.05, 0) is 95.9 Å². The van der Waals surface area contributed by atoms with E-state index in [1.807, 2.05) is 6.08 Å². The van der Waals surface area contributed by atoms with E-state index in [9.17, 15) is 0 Å². The summed E-state index contributed by atoms with van der Waals surface area (Å²) >= 11 is 0. The molecule has 0 unspecified atom stereocenters. The van der Waals surface area contributed by atoms with E-state index in [-0.39, 0.29) is 0 Å². The first kappa shape index (κ1) is 23.0. The molecule has 0 fully saturated rings. The van der Waals surface area contributed by atoms with E-state index in [1.54, 1.807) is 0 Å². The van der Waals surface area contributed by atoms with Crippen LogP contribution in [0.25, 0.3) is 55.1 Å². The molecule has 0 aliphatic heterocycles. The second-order valence-electron chi connectivity index (χ2n) is 10.1. The zero-order chi connectivity index (χ0) is 26.2. The van der Waals surface area contributed by atoms with Gasteiger partial charge in [-0.1, -0.05) is 127 Å². The molecule has 0 radical (unpaired) electrons. The van der Waals surface area contributed by atoms with Crippen molar-refractivity contribution in [2.75, 3.05) is 0 Å². The maximum absolute atomic E-state index is 5.77. The Morgan fingerprint density at radius 2 is 1.23 bits per heavy atom. The normalized spacial score (nSPS) is 14.1. The van der Waals surface area contributed by atoms with E-state index in [4.69, 9.17) is 6.42 Å². The Labute approximate surface area is 229 Å². The van der Waals surface area contributed by atoms with Crippen molar-refractivity contribution < 1.29 is 0 Å². The van der Waals surface area contributed by atoms with Crippen molar-refractivity contribution in [2.24, 2.45) is 0 Å². The standard InChI is InChI=1S/C39H26/c1-2-3-17-33(31-23-22-30-24-28-15-7-8-16-29(28)25-32(30)26-31)39-36-20-11-9-18-34(36)38(27-13-5-4-6-14-27)35-19-10-12-21-37(35)39/h1,3-25H,26H2. The number of terminal acetylenes is 1. The summed E-state index contributed by atoms with van der Waals surface area (Å²) < 4.78 is 0. The molecule has 0 bridgehead atoms. The highest BCUT2D eigenvalue weighted by molar-refractivity contribution is 6.19. The van der Waals surface area contributed by atoms with E-state index in [2.05, 4.69) is 139 Å². The maximum Gasteiger partial charge on any atom is -0.00134 e. The van der Waals surface area contributed by atoms with Crippen LogP contribution in [0.3, 0.4) is 0 Å². The Kier molecular flexibility index (Phi) is 5.69. The molecule has 0 heterocycles. The van der Waals surface area contributed by atoms with Crippen LogP contribution in [0, 0.1) is 12.3 Å². The average Bonchev–Trinajstić information content (AvgIpc) is 3.00.